The van der Waals surface area contributed by atoms with Crippen molar-refractivity contribution < 1.29 is 9.90 Å². The van der Waals surface area contributed by atoms with Crippen LogP contribution in [0.4, 0.5) is 0 Å². The van der Waals surface area contributed by atoms with E-state index in [1.165, 1.54) is 11.1 Å². The summed E-state index contributed by atoms with van der Waals surface area (Å²) in [6.07, 6.45) is 2.08. The third-order valence-electron chi connectivity index (χ3n) is 3.65. The smallest absolute Gasteiger partial charge is 0.234 e. The van der Waals surface area contributed by atoms with Gasteiger partial charge in [-0.05, 0) is 30.9 Å². The van der Waals surface area contributed by atoms with Gasteiger partial charge in [0.2, 0.25) is 5.91 Å². The highest BCUT2D eigenvalue weighted by molar-refractivity contribution is 5.78. The van der Waals surface area contributed by atoms with E-state index in [0.717, 1.165) is 12.8 Å². The molecule has 0 saturated carbocycles. The average Bonchev–Trinajstić information content (AvgIpc) is 2.82. The van der Waals surface area contributed by atoms with Crippen LogP contribution in [0.25, 0.3) is 0 Å². The first kappa shape index (κ1) is 14.0. The number of rotatable bonds is 6. The molecule has 4 heteroatoms. The standard InChI is InChI=1S/C15H22N2O2/c1-2-16-15(19)11-17(9-10-18)14-8-7-12-5-3-4-6-13(12)14/h3-6,14,18H,2,7-11H2,1H3,(H,16,19). The van der Waals surface area contributed by atoms with Gasteiger partial charge in [-0.2, -0.15) is 0 Å². The molecule has 0 fully saturated rings. The topological polar surface area (TPSA) is 52.6 Å². The van der Waals surface area contributed by atoms with Crippen LogP contribution in [0.5, 0.6) is 0 Å². The monoisotopic (exact) mass is 262 g/mol. The van der Waals surface area contributed by atoms with Gasteiger partial charge >= 0.3 is 0 Å². The lowest BCUT2D eigenvalue weighted by atomic mass is 10.1. The van der Waals surface area contributed by atoms with Crippen molar-refractivity contribution in [3.05, 3.63) is 35.4 Å². The van der Waals surface area contributed by atoms with Crippen LogP contribution in [-0.2, 0) is 11.2 Å². The van der Waals surface area contributed by atoms with Crippen molar-refractivity contribution in [2.45, 2.75) is 25.8 Å². The summed E-state index contributed by atoms with van der Waals surface area (Å²) in [4.78, 5) is 13.8. The van der Waals surface area contributed by atoms with Crippen molar-refractivity contribution in [3.8, 4) is 0 Å². The number of nitrogens with zero attached hydrogens (tertiary/aromatic N) is 1. The Labute approximate surface area is 114 Å². The Hall–Kier alpha value is -1.39. The third kappa shape index (κ3) is 3.33. The van der Waals surface area contributed by atoms with Gasteiger partial charge in [0.15, 0.2) is 0 Å². The van der Waals surface area contributed by atoms with E-state index in [9.17, 15) is 9.90 Å². The molecule has 0 aliphatic heterocycles. The molecule has 1 atom stereocenters. The largest absolute Gasteiger partial charge is 0.395 e. The molecule has 0 bridgehead atoms. The minimum Gasteiger partial charge on any atom is -0.395 e. The van der Waals surface area contributed by atoms with E-state index in [-0.39, 0.29) is 18.6 Å². The highest BCUT2D eigenvalue weighted by atomic mass is 16.3. The van der Waals surface area contributed by atoms with Gasteiger partial charge < -0.3 is 10.4 Å². The van der Waals surface area contributed by atoms with E-state index in [0.29, 0.717) is 19.6 Å². The van der Waals surface area contributed by atoms with E-state index in [1.54, 1.807) is 0 Å². The quantitative estimate of drug-likeness (QED) is 0.807. The van der Waals surface area contributed by atoms with E-state index >= 15 is 0 Å². The molecule has 1 amide bonds. The maximum absolute atomic E-state index is 11.8. The van der Waals surface area contributed by atoms with Gasteiger partial charge in [-0.15, -0.1) is 0 Å². The molecule has 19 heavy (non-hydrogen) atoms. The van der Waals surface area contributed by atoms with Crippen LogP contribution >= 0.6 is 0 Å². The molecule has 0 radical (unpaired) electrons. The lowest BCUT2D eigenvalue weighted by Gasteiger charge is -2.28. The lowest BCUT2D eigenvalue weighted by molar-refractivity contribution is -0.122. The summed E-state index contributed by atoms with van der Waals surface area (Å²) in [6, 6.07) is 8.64. The summed E-state index contributed by atoms with van der Waals surface area (Å²) in [5, 5.41) is 12.0. The zero-order chi connectivity index (χ0) is 13.7. The molecule has 0 heterocycles. The molecule has 0 aromatic heterocycles. The Morgan fingerprint density at radius 1 is 1.47 bits per heavy atom. The number of aliphatic hydroxyl groups excluding tert-OH is 1. The number of carbonyl (C=O) groups excluding carboxylic acids is 1. The van der Waals surface area contributed by atoms with Crippen LogP contribution in [0.15, 0.2) is 24.3 Å². The molecule has 2 rings (SSSR count). The minimum atomic E-state index is 0.0281. The Morgan fingerprint density at radius 3 is 3.00 bits per heavy atom. The molecular weight excluding hydrogens is 240 g/mol. The number of amides is 1. The highest BCUT2D eigenvalue weighted by Crippen LogP contribution is 2.35. The van der Waals surface area contributed by atoms with Crippen molar-refractivity contribution in [2.75, 3.05) is 26.2 Å². The molecule has 4 nitrogen and oxygen atoms in total. The van der Waals surface area contributed by atoms with Crippen molar-refractivity contribution in [3.63, 3.8) is 0 Å². The fourth-order valence-electron chi connectivity index (χ4n) is 2.83. The van der Waals surface area contributed by atoms with Gasteiger partial charge in [0.05, 0.1) is 13.2 Å². The van der Waals surface area contributed by atoms with Crippen molar-refractivity contribution in [1.82, 2.24) is 10.2 Å². The zero-order valence-corrected chi connectivity index (χ0v) is 11.4. The number of fused-ring (bicyclic) bond motifs is 1. The molecule has 1 aliphatic carbocycles. The Balaban J connectivity index is 2.10. The summed E-state index contributed by atoms with van der Waals surface area (Å²) >= 11 is 0. The summed E-state index contributed by atoms with van der Waals surface area (Å²) in [5.74, 6) is 0.0281. The van der Waals surface area contributed by atoms with Crippen LogP contribution in [-0.4, -0.2) is 42.2 Å². The predicted molar refractivity (Wildman–Crippen MR) is 74.8 cm³/mol. The van der Waals surface area contributed by atoms with Crippen LogP contribution in [0.3, 0.4) is 0 Å². The molecule has 104 valence electrons. The number of aryl methyl sites for hydroxylation is 1. The SMILES string of the molecule is CCNC(=O)CN(CCO)C1CCc2ccccc21. The fourth-order valence-corrected chi connectivity index (χ4v) is 2.83. The Kier molecular flexibility index (Phi) is 4.93. The summed E-state index contributed by atoms with van der Waals surface area (Å²) in [7, 11) is 0. The number of carbonyl (C=O) groups is 1. The first-order valence-electron chi connectivity index (χ1n) is 6.95. The average molecular weight is 262 g/mol. The number of hydrogen-bond donors (Lipinski definition) is 2. The molecule has 1 unspecified atom stereocenters. The number of hydrogen-bond acceptors (Lipinski definition) is 3. The van der Waals surface area contributed by atoms with Gasteiger partial charge in [0.1, 0.15) is 0 Å². The highest BCUT2D eigenvalue weighted by Gasteiger charge is 2.28. The number of likely N-dealkylation sites (N-methyl/N-ethyl adjacent to an activating group) is 1. The van der Waals surface area contributed by atoms with E-state index in [1.807, 2.05) is 13.0 Å². The number of aliphatic hydroxyl groups is 1. The van der Waals surface area contributed by atoms with Crippen LogP contribution in [0.2, 0.25) is 0 Å². The second kappa shape index (κ2) is 6.68. The Morgan fingerprint density at radius 2 is 2.26 bits per heavy atom. The van der Waals surface area contributed by atoms with Gasteiger partial charge in [0, 0.05) is 19.1 Å². The van der Waals surface area contributed by atoms with E-state index in [2.05, 4.69) is 28.4 Å². The van der Waals surface area contributed by atoms with Crippen LogP contribution < -0.4 is 5.32 Å². The van der Waals surface area contributed by atoms with Crippen LogP contribution in [0.1, 0.15) is 30.5 Å². The normalized spacial score (nSPS) is 17.5. The summed E-state index contributed by atoms with van der Waals surface area (Å²) in [5.41, 5.74) is 2.67. The zero-order valence-electron chi connectivity index (χ0n) is 11.4. The molecule has 0 saturated heterocycles. The maximum Gasteiger partial charge on any atom is 0.234 e. The maximum atomic E-state index is 11.8. The molecule has 2 N–H and O–H groups in total. The van der Waals surface area contributed by atoms with Crippen molar-refractivity contribution in [2.24, 2.45) is 0 Å². The third-order valence-corrected chi connectivity index (χ3v) is 3.65. The van der Waals surface area contributed by atoms with Gasteiger partial charge in [-0.3, -0.25) is 9.69 Å². The number of benzene rings is 1. The minimum absolute atomic E-state index is 0.0281. The van der Waals surface area contributed by atoms with Crippen molar-refractivity contribution in [1.29, 1.82) is 0 Å². The predicted octanol–water partition coefficient (Wildman–Crippen LogP) is 1.10. The summed E-state index contributed by atoms with van der Waals surface area (Å²) in [6.45, 7) is 3.54. The first-order valence-corrected chi connectivity index (χ1v) is 6.95. The van der Waals surface area contributed by atoms with E-state index < -0.39 is 0 Å². The Bertz CT molecular complexity index is 434. The molecule has 1 aromatic carbocycles. The first-order chi connectivity index (χ1) is 9.26. The molecule has 1 aromatic rings. The van der Waals surface area contributed by atoms with Gasteiger partial charge in [-0.1, -0.05) is 24.3 Å². The summed E-state index contributed by atoms with van der Waals surface area (Å²) < 4.78 is 0. The van der Waals surface area contributed by atoms with Gasteiger partial charge in [-0.25, -0.2) is 0 Å². The van der Waals surface area contributed by atoms with Crippen molar-refractivity contribution >= 4 is 5.91 Å². The fraction of sp³-hybridized carbons (Fsp3) is 0.533. The molecular formula is C15H22N2O2. The van der Waals surface area contributed by atoms with Crippen LogP contribution in [0, 0.1) is 0 Å². The second-order valence-electron chi connectivity index (χ2n) is 4.90. The molecule has 1 aliphatic rings. The second-order valence-corrected chi connectivity index (χ2v) is 4.90. The van der Waals surface area contributed by atoms with Gasteiger partial charge in [0.25, 0.3) is 0 Å². The number of nitrogens with one attached hydrogen (secondary N) is 1. The lowest BCUT2D eigenvalue weighted by Crippen LogP contribution is -2.40. The van der Waals surface area contributed by atoms with E-state index in [4.69, 9.17) is 0 Å². The molecule has 0 spiro atoms.